The lowest BCUT2D eigenvalue weighted by Crippen LogP contribution is -2.27. The molecule has 0 amide bonds. The molecule has 0 unspecified atom stereocenters. The van der Waals surface area contributed by atoms with Gasteiger partial charge in [-0.15, -0.1) is 0 Å². The Labute approximate surface area is 88.7 Å². The lowest BCUT2D eigenvalue weighted by molar-refractivity contribution is 0.979. The van der Waals surface area contributed by atoms with Crippen LogP contribution in [0.2, 0.25) is 0 Å². The fraction of sp³-hybridized carbons (Fsp3) is 0.200. The first-order valence-electron chi connectivity index (χ1n) is 4.31. The Morgan fingerprint density at radius 3 is 2.57 bits per heavy atom. The van der Waals surface area contributed by atoms with E-state index in [1.165, 1.54) is 0 Å². The summed E-state index contributed by atoms with van der Waals surface area (Å²) in [6.07, 6.45) is 0. The first-order chi connectivity index (χ1) is 6.76. The van der Waals surface area contributed by atoms with Gasteiger partial charge in [0.2, 0.25) is 0 Å². The third-order valence-electron chi connectivity index (χ3n) is 1.61. The average Bonchev–Trinajstić information content (AvgIpc) is 2.19. The van der Waals surface area contributed by atoms with E-state index < -0.39 is 0 Å². The maximum atomic E-state index is 8.59. The second-order valence-corrected chi connectivity index (χ2v) is 3.08. The van der Waals surface area contributed by atoms with Crippen molar-refractivity contribution < 1.29 is 0 Å². The molecule has 0 aliphatic heterocycles. The van der Waals surface area contributed by atoms with Crippen LogP contribution in [0.25, 0.3) is 0 Å². The van der Waals surface area contributed by atoms with Crippen molar-refractivity contribution in [1.29, 1.82) is 5.26 Å². The Morgan fingerprint density at radius 2 is 2.07 bits per heavy atom. The zero-order chi connectivity index (χ0) is 10.4. The number of nitrogens with zero attached hydrogens (tertiary/aromatic N) is 1. The summed E-state index contributed by atoms with van der Waals surface area (Å²) in [7, 11) is 0. The number of nitriles is 1. The molecule has 0 heterocycles. The van der Waals surface area contributed by atoms with Crippen LogP contribution in [-0.4, -0.2) is 11.7 Å². The van der Waals surface area contributed by atoms with Gasteiger partial charge in [0.25, 0.3) is 0 Å². The molecule has 0 aliphatic rings. The molecule has 0 aliphatic carbocycles. The molecular weight excluding hydrogens is 194 g/mol. The van der Waals surface area contributed by atoms with E-state index >= 15 is 0 Å². The third kappa shape index (κ3) is 3.04. The number of thiocarbonyl (C=S) groups is 1. The second kappa shape index (κ2) is 5.20. The standard InChI is InChI=1S/C10H11N3S/c1-2-12-10(14)13-9-5-3-8(7-11)4-6-9/h3-6H,2H2,1H3,(H2,12,13,14). The highest BCUT2D eigenvalue weighted by molar-refractivity contribution is 7.80. The van der Waals surface area contributed by atoms with Gasteiger partial charge in [-0.1, -0.05) is 0 Å². The molecule has 0 spiro atoms. The number of nitrogens with one attached hydrogen (secondary N) is 2. The van der Waals surface area contributed by atoms with Crippen LogP contribution in [0, 0.1) is 11.3 Å². The van der Waals surface area contributed by atoms with Gasteiger partial charge in [0.15, 0.2) is 5.11 Å². The lowest BCUT2D eigenvalue weighted by atomic mass is 10.2. The van der Waals surface area contributed by atoms with Crippen LogP contribution in [0.5, 0.6) is 0 Å². The maximum Gasteiger partial charge on any atom is 0.170 e. The minimum Gasteiger partial charge on any atom is -0.363 e. The Balaban J connectivity index is 2.61. The summed E-state index contributed by atoms with van der Waals surface area (Å²) in [6, 6.07) is 9.19. The molecule has 4 heteroatoms. The molecular formula is C10H11N3S. The van der Waals surface area contributed by atoms with E-state index in [1.54, 1.807) is 12.1 Å². The lowest BCUT2D eigenvalue weighted by Gasteiger charge is -2.07. The Morgan fingerprint density at radius 1 is 1.43 bits per heavy atom. The van der Waals surface area contributed by atoms with Crippen molar-refractivity contribution in [3.05, 3.63) is 29.8 Å². The van der Waals surface area contributed by atoms with Gasteiger partial charge in [0.05, 0.1) is 11.6 Å². The van der Waals surface area contributed by atoms with Crippen molar-refractivity contribution in [1.82, 2.24) is 5.32 Å². The van der Waals surface area contributed by atoms with Gasteiger partial charge in [-0.05, 0) is 43.4 Å². The molecule has 0 saturated carbocycles. The zero-order valence-electron chi connectivity index (χ0n) is 7.87. The molecule has 72 valence electrons. The van der Waals surface area contributed by atoms with Crippen molar-refractivity contribution in [2.45, 2.75) is 6.92 Å². The quantitative estimate of drug-likeness (QED) is 0.724. The molecule has 2 N–H and O–H groups in total. The fourth-order valence-electron chi connectivity index (χ4n) is 0.964. The van der Waals surface area contributed by atoms with Crippen molar-refractivity contribution >= 4 is 23.0 Å². The Kier molecular flexibility index (Phi) is 3.89. The summed E-state index contributed by atoms with van der Waals surface area (Å²) < 4.78 is 0. The van der Waals surface area contributed by atoms with Gasteiger partial charge < -0.3 is 10.6 Å². The van der Waals surface area contributed by atoms with Gasteiger partial charge in [0.1, 0.15) is 0 Å². The van der Waals surface area contributed by atoms with Crippen LogP contribution in [0.15, 0.2) is 24.3 Å². The minimum absolute atomic E-state index is 0.595. The molecule has 1 rings (SSSR count). The van der Waals surface area contributed by atoms with Crippen LogP contribution in [0.4, 0.5) is 5.69 Å². The smallest absolute Gasteiger partial charge is 0.170 e. The number of hydrogen-bond acceptors (Lipinski definition) is 2. The van der Waals surface area contributed by atoms with E-state index in [-0.39, 0.29) is 0 Å². The molecule has 0 radical (unpaired) electrons. The topological polar surface area (TPSA) is 47.8 Å². The summed E-state index contributed by atoms with van der Waals surface area (Å²) >= 11 is 5.01. The molecule has 0 aromatic heterocycles. The summed E-state index contributed by atoms with van der Waals surface area (Å²) in [4.78, 5) is 0. The van der Waals surface area contributed by atoms with Crippen LogP contribution in [0.1, 0.15) is 12.5 Å². The summed E-state index contributed by atoms with van der Waals surface area (Å²) in [5.41, 5.74) is 1.53. The number of anilines is 1. The van der Waals surface area contributed by atoms with Crippen molar-refractivity contribution in [3.63, 3.8) is 0 Å². The predicted molar refractivity (Wildman–Crippen MR) is 61.1 cm³/mol. The third-order valence-corrected chi connectivity index (χ3v) is 1.86. The molecule has 1 aromatic rings. The maximum absolute atomic E-state index is 8.59. The summed E-state index contributed by atoms with van der Waals surface area (Å²) in [5, 5.41) is 15.2. The SMILES string of the molecule is CCNC(=S)Nc1ccc(C#N)cc1. The highest BCUT2D eigenvalue weighted by Gasteiger charge is 1.95. The largest absolute Gasteiger partial charge is 0.363 e. The summed E-state index contributed by atoms with van der Waals surface area (Å²) in [6.45, 7) is 2.77. The van der Waals surface area contributed by atoms with Gasteiger partial charge in [-0.3, -0.25) is 0 Å². The molecule has 0 atom stereocenters. The van der Waals surface area contributed by atoms with E-state index in [0.717, 1.165) is 12.2 Å². The molecule has 0 fully saturated rings. The first kappa shape index (κ1) is 10.5. The average molecular weight is 205 g/mol. The molecule has 1 aromatic carbocycles. The monoisotopic (exact) mass is 205 g/mol. The molecule has 3 nitrogen and oxygen atoms in total. The first-order valence-corrected chi connectivity index (χ1v) is 4.72. The van der Waals surface area contributed by atoms with Gasteiger partial charge in [0, 0.05) is 12.2 Å². The number of rotatable bonds is 2. The van der Waals surface area contributed by atoms with E-state index in [2.05, 4.69) is 16.7 Å². The highest BCUT2D eigenvalue weighted by atomic mass is 32.1. The number of benzene rings is 1. The summed E-state index contributed by atoms with van der Waals surface area (Å²) in [5.74, 6) is 0. The van der Waals surface area contributed by atoms with E-state index in [0.29, 0.717) is 10.7 Å². The number of hydrogen-bond donors (Lipinski definition) is 2. The van der Waals surface area contributed by atoms with E-state index in [9.17, 15) is 0 Å². The second-order valence-electron chi connectivity index (χ2n) is 2.67. The zero-order valence-corrected chi connectivity index (χ0v) is 8.69. The normalized spacial score (nSPS) is 8.86. The minimum atomic E-state index is 0.595. The van der Waals surface area contributed by atoms with Gasteiger partial charge in [-0.25, -0.2) is 0 Å². The molecule has 0 bridgehead atoms. The van der Waals surface area contributed by atoms with Crippen LogP contribution in [0.3, 0.4) is 0 Å². The van der Waals surface area contributed by atoms with E-state index in [4.69, 9.17) is 17.5 Å². The van der Waals surface area contributed by atoms with Crippen molar-refractivity contribution in [2.24, 2.45) is 0 Å². The van der Waals surface area contributed by atoms with E-state index in [1.807, 2.05) is 19.1 Å². The van der Waals surface area contributed by atoms with Crippen LogP contribution >= 0.6 is 12.2 Å². The van der Waals surface area contributed by atoms with Crippen LogP contribution < -0.4 is 10.6 Å². The van der Waals surface area contributed by atoms with Crippen molar-refractivity contribution in [3.8, 4) is 6.07 Å². The van der Waals surface area contributed by atoms with Gasteiger partial charge >= 0.3 is 0 Å². The van der Waals surface area contributed by atoms with Crippen molar-refractivity contribution in [2.75, 3.05) is 11.9 Å². The molecule has 0 saturated heterocycles. The fourth-order valence-corrected chi connectivity index (χ4v) is 1.23. The van der Waals surface area contributed by atoms with Gasteiger partial charge in [-0.2, -0.15) is 5.26 Å². The highest BCUT2D eigenvalue weighted by Crippen LogP contribution is 2.08. The Bertz CT molecular complexity index is 351. The molecule has 14 heavy (non-hydrogen) atoms. The van der Waals surface area contributed by atoms with Crippen LogP contribution in [-0.2, 0) is 0 Å². The predicted octanol–water partition coefficient (Wildman–Crippen LogP) is 1.86. The Hall–Kier alpha value is -1.60.